The normalized spacial score (nSPS) is 17.6. The van der Waals surface area contributed by atoms with Crippen molar-refractivity contribution in [2.24, 2.45) is 0 Å². The van der Waals surface area contributed by atoms with Crippen LogP contribution < -0.4 is 9.64 Å². The molecule has 4 heteroatoms. The van der Waals surface area contributed by atoms with E-state index in [1.807, 2.05) is 45.0 Å². The minimum Gasteiger partial charge on any atom is -0.497 e. The van der Waals surface area contributed by atoms with Gasteiger partial charge in [0.15, 0.2) is 0 Å². The molecule has 1 aliphatic heterocycles. The molecule has 1 aliphatic rings. The van der Waals surface area contributed by atoms with E-state index in [0.717, 1.165) is 17.0 Å². The summed E-state index contributed by atoms with van der Waals surface area (Å²) in [6.45, 7) is 7.85. The van der Waals surface area contributed by atoms with E-state index in [-0.39, 0.29) is 18.1 Å². The highest BCUT2D eigenvalue weighted by Gasteiger charge is 2.39. The summed E-state index contributed by atoms with van der Waals surface area (Å²) in [6.07, 6.45) is 0.672. The molecule has 0 fully saturated rings. The van der Waals surface area contributed by atoms with Crippen LogP contribution in [0.1, 0.15) is 44.9 Å². The maximum atomic E-state index is 12.9. The minimum atomic E-state index is -0.499. The van der Waals surface area contributed by atoms with E-state index < -0.39 is 5.60 Å². The summed E-state index contributed by atoms with van der Waals surface area (Å²) < 4.78 is 11.0. The Balaban J connectivity index is 1.94. The standard InChI is InChI=1S/C22H27NO3/c1-15(16-10-12-18(25-5)13-11-16)23-19-9-7-6-8-17(19)14-20(23)21(24)26-22(2,3)4/h6-13,15,20H,14H2,1-5H3/t15?,20-/m0/s1. The van der Waals surface area contributed by atoms with Crippen molar-refractivity contribution < 1.29 is 14.3 Å². The SMILES string of the molecule is COc1ccc(C(C)N2c3ccccc3C[C@H]2C(=O)OC(C)(C)C)cc1. The molecule has 0 N–H and O–H groups in total. The van der Waals surface area contributed by atoms with Crippen LogP contribution in [-0.2, 0) is 16.0 Å². The first-order valence-electron chi connectivity index (χ1n) is 9.03. The Bertz CT molecular complexity index is 777. The highest BCUT2D eigenvalue weighted by atomic mass is 16.6. The van der Waals surface area contributed by atoms with Crippen molar-refractivity contribution in [3.63, 3.8) is 0 Å². The largest absolute Gasteiger partial charge is 0.497 e. The number of hydrogen-bond acceptors (Lipinski definition) is 4. The van der Waals surface area contributed by atoms with Crippen molar-refractivity contribution in [3.8, 4) is 5.75 Å². The van der Waals surface area contributed by atoms with Gasteiger partial charge in [-0.3, -0.25) is 0 Å². The summed E-state index contributed by atoms with van der Waals surface area (Å²) in [5.74, 6) is 0.653. The third-order valence-corrected chi connectivity index (χ3v) is 4.71. The van der Waals surface area contributed by atoms with Crippen LogP contribution in [0, 0.1) is 0 Å². The van der Waals surface area contributed by atoms with Crippen LogP contribution in [0.25, 0.3) is 0 Å². The Hall–Kier alpha value is -2.49. The molecule has 2 atom stereocenters. The van der Waals surface area contributed by atoms with Crippen molar-refractivity contribution in [2.45, 2.75) is 51.8 Å². The summed E-state index contributed by atoms with van der Waals surface area (Å²) in [4.78, 5) is 15.1. The van der Waals surface area contributed by atoms with Crippen molar-refractivity contribution in [1.29, 1.82) is 0 Å². The molecule has 0 aliphatic carbocycles. The van der Waals surface area contributed by atoms with Gasteiger partial charge in [-0.25, -0.2) is 4.79 Å². The average molecular weight is 353 g/mol. The van der Waals surface area contributed by atoms with Crippen LogP contribution in [0.2, 0.25) is 0 Å². The van der Waals surface area contributed by atoms with Gasteiger partial charge in [-0.15, -0.1) is 0 Å². The predicted octanol–water partition coefficient (Wildman–Crippen LogP) is 4.53. The van der Waals surface area contributed by atoms with Gasteiger partial charge in [-0.05, 0) is 57.0 Å². The van der Waals surface area contributed by atoms with Gasteiger partial charge in [0.05, 0.1) is 13.2 Å². The summed E-state index contributed by atoms with van der Waals surface area (Å²) in [6, 6.07) is 16.0. The van der Waals surface area contributed by atoms with E-state index in [4.69, 9.17) is 9.47 Å². The fraction of sp³-hybridized carbons (Fsp3) is 0.409. The molecule has 0 bridgehead atoms. The van der Waals surface area contributed by atoms with Crippen LogP contribution in [0.15, 0.2) is 48.5 Å². The monoisotopic (exact) mass is 353 g/mol. The maximum Gasteiger partial charge on any atom is 0.329 e. The van der Waals surface area contributed by atoms with Crippen LogP contribution in [0.4, 0.5) is 5.69 Å². The van der Waals surface area contributed by atoms with Gasteiger partial charge in [0.25, 0.3) is 0 Å². The number of fused-ring (bicyclic) bond motifs is 1. The van der Waals surface area contributed by atoms with Gasteiger partial charge in [0.1, 0.15) is 17.4 Å². The molecule has 2 aromatic carbocycles. The number of para-hydroxylation sites is 1. The molecule has 0 radical (unpaired) electrons. The summed E-state index contributed by atoms with van der Waals surface area (Å²) in [5.41, 5.74) is 2.92. The fourth-order valence-electron chi connectivity index (χ4n) is 3.50. The van der Waals surface area contributed by atoms with Crippen LogP contribution in [0.3, 0.4) is 0 Å². The predicted molar refractivity (Wildman–Crippen MR) is 104 cm³/mol. The second-order valence-electron chi connectivity index (χ2n) is 7.74. The summed E-state index contributed by atoms with van der Waals surface area (Å²) >= 11 is 0. The molecular formula is C22H27NO3. The smallest absolute Gasteiger partial charge is 0.329 e. The number of carbonyl (C=O) groups is 1. The molecule has 4 nitrogen and oxygen atoms in total. The highest BCUT2D eigenvalue weighted by Crippen LogP contribution is 2.39. The lowest BCUT2D eigenvalue weighted by molar-refractivity contribution is -0.156. The molecule has 138 valence electrons. The Morgan fingerprint density at radius 2 is 1.77 bits per heavy atom. The Kier molecular flexibility index (Phi) is 4.94. The average Bonchev–Trinajstić information content (AvgIpc) is 2.99. The zero-order valence-corrected chi connectivity index (χ0v) is 16.2. The number of esters is 1. The molecular weight excluding hydrogens is 326 g/mol. The van der Waals surface area contributed by atoms with E-state index in [1.165, 1.54) is 5.56 Å². The summed E-state index contributed by atoms with van der Waals surface area (Å²) in [5, 5.41) is 0. The van der Waals surface area contributed by atoms with E-state index in [2.05, 4.69) is 36.1 Å². The first kappa shape index (κ1) is 18.3. The third kappa shape index (κ3) is 3.69. The number of benzene rings is 2. The quantitative estimate of drug-likeness (QED) is 0.757. The van der Waals surface area contributed by atoms with Crippen LogP contribution in [0.5, 0.6) is 5.75 Å². The number of rotatable bonds is 4. The van der Waals surface area contributed by atoms with E-state index in [9.17, 15) is 4.79 Å². The number of ether oxygens (including phenoxy) is 2. The van der Waals surface area contributed by atoms with Crippen molar-refractivity contribution in [3.05, 3.63) is 59.7 Å². The zero-order chi connectivity index (χ0) is 18.9. The topological polar surface area (TPSA) is 38.8 Å². The molecule has 0 spiro atoms. The second-order valence-corrected chi connectivity index (χ2v) is 7.74. The van der Waals surface area contributed by atoms with E-state index in [1.54, 1.807) is 7.11 Å². The number of anilines is 1. The lowest BCUT2D eigenvalue weighted by Gasteiger charge is -2.34. The van der Waals surface area contributed by atoms with Crippen LogP contribution in [-0.4, -0.2) is 24.7 Å². The van der Waals surface area contributed by atoms with Crippen molar-refractivity contribution in [1.82, 2.24) is 0 Å². The number of carbonyl (C=O) groups excluding carboxylic acids is 1. The van der Waals surface area contributed by atoms with Gasteiger partial charge >= 0.3 is 5.97 Å². The third-order valence-electron chi connectivity index (χ3n) is 4.71. The number of methoxy groups -OCH3 is 1. The number of hydrogen-bond donors (Lipinski definition) is 0. The first-order chi connectivity index (χ1) is 12.3. The van der Waals surface area contributed by atoms with E-state index in [0.29, 0.717) is 6.42 Å². The van der Waals surface area contributed by atoms with Crippen molar-refractivity contribution >= 4 is 11.7 Å². The Labute approximate surface area is 155 Å². The zero-order valence-electron chi connectivity index (χ0n) is 16.2. The second kappa shape index (κ2) is 7.02. The van der Waals surface area contributed by atoms with Gasteiger partial charge in [0.2, 0.25) is 0 Å². The molecule has 26 heavy (non-hydrogen) atoms. The lowest BCUT2D eigenvalue weighted by Crippen LogP contribution is -2.43. The molecule has 0 amide bonds. The molecule has 0 saturated heterocycles. The minimum absolute atomic E-state index is 0.0436. The van der Waals surface area contributed by atoms with E-state index >= 15 is 0 Å². The highest BCUT2D eigenvalue weighted by molar-refractivity contribution is 5.84. The molecule has 1 heterocycles. The van der Waals surface area contributed by atoms with Crippen molar-refractivity contribution in [2.75, 3.05) is 12.0 Å². The maximum absolute atomic E-state index is 12.9. The molecule has 3 rings (SSSR count). The molecule has 2 aromatic rings. The number of nitrogens with zero attached hydrogens (tertiary/aromatic N) is 1. The molecule has 0 aromatic heterocycles. The van der Waals surface area contributed by atoms with Gasteiger partial charge in [-0.1, -0.05) is 30.3 Å². The summed E-state index contributed by atoms with van der Waals surface area (Å²) in [7, 11) is 1.66. The van der Waals surface area contributed by atoms with Crippen LogP contribution >= 0.6 is 0 Å². The molecule has 0 saturated carbocycles. The van der Waals surface area contributed by atoms with Gasteiger partial charge in [-0.2, -0.15) is 0 Å². The van der Waals surface area contributed by atoms with Gasteiger partial charge < -0.3 is 14.4 Å². The first-order valence-corrected chi connectivity index (χ1v) is 9.03. The fourth-order valence-corrected chi connectivity index (χ4v) is 3.50. The lowest BCUT2D eigenvalue weighted by atomic mass is 10.0. The van der Waals surface area contributed by atoms with Gasteiger partial charge in [0, 0.05) is 12.1 Å². The molecule has 1 unspecified atom stereocenters. The Morgan fingerprint density at radius 3 is 2.38 bits per heavy atom. The Morgan fingerprint density at radius 1 is 1.12 bits per heavy atom.